The van der Waals surface area contributed by atoms with Gasteiger partial charge in [-0.2, -0.15) is 0 Å². The van der Waals surface area contributed by atoms with Crippen LogP contribution in [0.25, 0.3) is 0 Å². The van der Waals surface area contributed by atoms with Gasteiger partial charge >= 0.3 is 0 Å². The number of fused-ring (bicyclic) bond motifs is 1. The van der Waals surface area contributed by atoms with Crippen LogP contribution in [0.2, 0.25) is 0 Å². The van der Waals surface area contributed by atoms with Crippen LogP contribution >= 0.6 is 0 Å². The number of benzene rings is 1. The van der Waals surface area contributed by atoms with E-state index in [0.717, 1.165) is 42.7 Å². The summed E-state index contributed by atoms with van der Waals surface area (Å²) in [6.45, 7) is 4.02. The lowest BCUT2D eigenvalue weighted by atomic mass is 9.84. The third-order valence-corrected chi connectivity index (χ3v) is 4.88. The number of carbonyl (C=O) groups excluding carboxylic acids is 1. The summed E-state index contributed by atoms with van der Waals surface area (Å²) in [7, 11) is 0. The Morgan fingerprint density at radius 3 is 2.68 bits per heavy atom. The van der Waals surface area contributed by atoms with Gasteiger partial charge in [-0.25, -0.2) is 0 Å². The Labute approximate surface area is 131 Å². The fourth-order valence-electron chi connectivity index (χ4n) is 3.48. The fourth-order valence-corrected chi connectivity index (χ4v) is 3.48. The number of hydrogen-bond donors (Lipinski definition) is 1. The summed E-state index contributed by atoms with van der Waals surface area (Å²) in [5.74, 6) is 1.73. The Morgan fingerprint density at radius 2 is 2.00 bits per heavy atom. The molecule has 0 radical (unpaired) electrons. The van der Waals surface area contributed by atoms with Crippen LogP contribution in [-0.2, 0) is 11.3 Å². The van der Waals surface area contributed by atoms with E-state index in [2.05, 4.69) is 0 Å². The number of hydrogen-bond acceptors (Lipinski definition) is 4. The number of ether oxygens (including phenoxy) is 2. The minimum absolute atomic E-state index is 0.202. The zero-order valence-corrected chi connectivity index (χ0v) is 13.1. The van der Waals surface area contributed by atoms with Gasteiger partial charge in [0.05, 0.1) is 5.41 Å². The lowest BCUT2D eigenvalue weighted by Crippen LogP contribution is -2.46. The van der Waals surface area contributed by atoms with Gasteiger partial charge in [0.25, 0.3) is 0 Å². The van der Waals surface area contributed by atoms with Crippen LogP contribution in [-0.4, -0.2) is 30.7 Å². The third kappa shape index (κ3) is 2.65. The van der Waals surface area contributed by atoms with Crippen molar-refractivity contribution < 1.29 is 14.3 Å². The maximum Gasteiger partial charge on any atom is 0.231 e. The van der Waals surface area contributed by atoms with E-state index in [9.17, 15) is 4.79 Å². The predicted octanol–water partition coefficient (Wildman–Crippen LogP) is 2.28. The van der Waals surface area contributed by atoms with E-state index < -0.39 is 0 Å². The van der Waals surface area contributed by atoms with Gasteiger partial charge < -0.3 is 20.1 Å². The van der Waals surface area contributed by atoms with Crippen LogP contribution < -0.4 is 15.2 Å². The standard InChI is InChI=1S/C17H24N2O3/c1-2-19(16(20)17(11-18)7-3-4-8-17)10-13-5-6-14-15(9-13)22-12-21-14/h5-6,9H,2-4,7-8,10-12,18H2,1H3. The molecule has 22 heavy (non-hydrogen) atoms. The van der Waals surface area contributed by atoms with Gasteiger partial charge in [-0.3, -0.25) is 4.79 Å². The molecule has 1 saturated carbocycles. The first-order valence-electron chi connectivity index (χ1n) is 8.06. The molecule has 1 amide bonds. The maximum atomic E-state index is 13.0. The van der Waals surface area contributed by atoms with Gasteiger partial charge in [0.15, 0.2) is 11.5 Å². The molecule has 5 nitrogen and oxygen atoms in total. The predicted molar refractivity (Wildman–Crippen MR) is 83.6 cm³/mol. The Hall–Kier alpha value is -1.75. The first kappa shape index (κ1) is 15.2. The molecule has 0 spiro atoms. The SMILES string of the molecule is CCN(Cc1ccc2c(c1)OCO2)C(=O)C1(CN)CCCC1. The summed E-state index contributed by atoms with van der Waals surface area (Å²) < 4.78 is 10.7. The molecule has 0 atom stereocenters. The van der Waals surface area contributed by atoms with Gasteiger partial charge in [-0.1, -0.05) is 18.9 Å². The van der Waals surface area contributed by atoms with E-state index in [1.54, 1.807) is 0 Å². The highest BCUT2D eigenvalue weighted by molar-refractivity contribution is 5.83. The van der Waals surface area contributed by atoms with E-state index in [1.807, 2.05) is 30.0 Å². The molecule has 5 heteroatoms. The Balaban J connectivity index is 1.75. The lowest BCUT2D eigenvalue weighted by molar-refractivity contribution is -0.141. The lowest BCUT2D eigenvalue weighted by Gasteiger charge is -2.33. The van der Waals surface area contributed by atoms with Gasteiger partial charge in [-0.15, -0.1) is 0 Å². The molecule has 1 fully saturated rings. The highest BCUT2D eigenvalue weighted by atomic mass is 16.7. The fraction of sp³-hybridized carbons (Fsp3) is 0.588. The molecular weight excluding hydrogens is 280 g/mol. The largest absolute Gasteiger partial charge is 0.454 e. The first-order valence-corrected chi connectivity index (χ1v) is 8.06. The Kier molecular flexibility index (Phi) is 4.25. The smallest absolute Gasteiger partial charge is 0.231 e. The van der Waals surface area contributed by atoms with Crippen molar-refractivity contribution in [3.05, 3.63) is 23.8 Å². The van der Waals surface area contributed by atoms with Gasteiger partial charge in [0, 0.05) is 19.6 Å². The van der Waals surface area contributed by atoms with Crippen molar-refractivity contribution in [3.8, 4) is 11.5 Å². The van der Waals surface area contributed by atoms with Crippen LogP contribution in [0.5, 0.6) is 11.5 Å². The molecule has 1 aliphatic carbocycles. The second-order valence-corrected chi connectivity index (χ2v) is 6.20. The Morgan fingerprint density at radius 1 is 1.27 bits per heavy atom. The molecule has 3 rings (SSSR count). The second-order valence-electron chi connectivity index (χ2n) is 6.20. The summed E-state index contributed by atoms with van der Waals surface area (Å²) >= 11 is 0. The van der Waals surface area contributed by atoms with Crippen LogP contribution in [0, 0.1) is 5.41 Å². The quantitative estimate of drug-likeness (QED) is 0.906. The topological polar surface area (TPSA) is 64.8 Å². The van der Waals surface area contributed by atoms with Crippen molar-refractivity contribution in [1.29, 1.82) is 0 Å². The average molecular weight is 304 g/mol. The molecule has 1 heterocycles. The molecule has 0 unspecified atom stereocenters. The van der Waals surface area contributed by atoms with Crippen molar-refractivity contribution in [2.45, 2.75) is 39.2 Å². The summed E-state index contributed by atoms with van der Waals surface area (Å²) in [5, 5.41) is 0. The molecule has 1 aromatic rings. The normalized spacial score (nSPS) is 18.5. The number of nitrogens with two attached hydrogens (primary N) is 1. The molecule has 2 aliphatic rings. The number of rotatable bonds is 5. The molecule has 0 saturated heterocycles. The van der Waals surface area contributed by atoms with E-state index in [4.69, 9.17) is 15.2 Å². The first-order chi connectivity index (χ1) is 10.7. The van der Waals surface area contributed by atoms with Crippen molar-refractivity contribution in [2.24, 2.45) is 11.1 Å². The monoisotopic (exact) mass is 304 g/mol. The summed E-state index contributed by atoms with van der Waals surface area (Å²) in [6, 6.07) is 5.86. The summed E-state index contributed by atoms with van der Waals surface area (Å²) in [6.07, 6.45) is 4.04. The van der Waals surface area contributed by atoms with Crippen molar-refractivity contribution in [1.82, 2.24) is 4.90 Å². The number of amides is 1. The molecule has 2 N–H and O–H groups in total. The van der Waals surface area contributed by atoms with E-state index >= 15 is 0 Å². The molecule has 0 bridgehead atoms. The minimum Gasteiger partial charge on any atom is -0.454 e. The molecular formula is C17H24N2O3. The van der Waals surface area contributed by atoms with Crippen LogP contribution in [0.15, 0.2) is 18.2 Å². The van der Waals surface area contributed by atoms with E-state index in [1.165, 1.54) is 0 Å². The molecule has 1 aliphatic heterocycles. The van der Waals surface area contributed by atoms with Crippen molar-refractivity contribution in [2.75, 3.05) is 19.9 Å². The number of nitrogens with zero attached hydrogens (tertiary/aromatic N) is 1. The van der Waals surface area contributed by atoms with Crippen molar-refractivity contribution in [3.63, 3.8) is 0 Å². The summed E-state index contributed by atoms with van der Waals surface area (Å²) in [5.41, 5.74) is 6.66. The summed E-state index contributed by atoms with van der Waals surface area (Å²) in [4.78, 5) is 14.9. The molecule has 1 aromatic carbocycles. The van der Waals surface area contributed by atoms with Crippen LogP contribution in [0.1, 0.15) is 38.2 Å². The Bertz CT molecular complexity index is 553. The minimum atomic E-state index is -0.341. The van der Waals surface area contributed by atoms with Gasteiger partial charge in [0.1, 0.15) is 0 Å². The van der Waals surface area contributed by atoms with E-state index in [0.29, 0.717) is 19.6 Å². The zero-order valence-electron chi connectivity index (χ0n) is 13.1. The molecule has 120 valence electrons. The van der Waals surface area contributed by atoms with Crippen LogP contribution in [0.4, 0.5) is 0 Å². The highest BCUT2D eigenvalue weighted by Crippen LogP contribution is 2.39. The highest BCUT2D eigenvalue weighted by Gasteiger charge is 2.41. The van der Waals surface area contributed by atoms with Gasteiger partial charge in [0.2, 0.25) is 12.7 Å². The zero-order chi connectivity index (χ0) is 15.6. The number of carbonyl (C=O) groups is 1. The van der Waals surface area contributed by atoms with Crippen LogP contribution in [0.3, 0.4) is 0 Å². The van der Waals surface area contributed by atoms with E-state index in [-0.39, 0.29) is 18.1 Å². The van der Waals surface area contributed by atoms with Gasteiger partial charge in [-0.05, 0) is 37.5 Å². The molecule has 0 aromatic heterocycles. The second kappa shape index (κ2) is 6.16. The maximum absolute atomic E-state index is 13.0. The average Bonchev–Trinajstić information content (AvgIpc) is 3.20. The van der Waals surface area contributed by atoms with Crippen molar-refractivity contribution >= 4 is 5.91 Å². The third-order valence-electron chi connectivity index (χ3n) is 4.88.